The summed E-state index contributed by atoms with van der Waals surface area (Å²) in [5, 5.41) is 0.573. The molecule has 0 amide bonds. The zero-order chi connectivity index (χ0) is 12.3. The van der Waals surface area contributed by atoms with Crippen LogP contribution in [0.5, 0.6) is 0 Å². The van der Waals surface area contributed by atoms with Gasteiger partial charge < -0.3 is 9.64 Å². The van der Waals surface area contributed by atoms with Crippen LogP contribution in [-0.4, -0.2) is 30.1 Å². The fourth-order valence-corrected chi connectivity index (χ4v) is 1.97. The summed E-state index contributed by atoms with van der Waals surface area (Å²) in [5.41, 5.74) is 0.859. The van der Waals surface area contributed by atoms with Gasteiger partial charge in [0.25, 0.3) is 0 Å². The highest BCUT2D eigenvalue weighted by Gasteiger charge is 2.31. The van der Waals surface area contributed by atoms with Gasteiger partial charge in [-0.25, -0.2) is 0 Å². The lowest BCUT2D eigenvalue weighted by Crippen LogP contribution is -2.33. The Labute approximate surface area is 106 Å². The first-order valence-corrected chi connectivity index (χ1v) is 6.12. The molecule has 0 spiro atoms. The molecule has 2 rings (SSSR count). The van der Waals surface area contributed by atoms with Gasteiger partial charge in [-0.05, 0) is 25.8 Å². The Morgan fingerprint density at radius 1 is 1.65 bits per heavy atom. The summed E-state index contributed by atoms with van der Waals surface area (Å²) in [6.07, 6.45) is 5.47. The highest BCUT2D eigenvalue weighted by Crippen LogP contribution is 2.34. The molecule has 1 aromatic rings. The SMILES string of the molecule is CCOC(=O)CN(c1ccncc1Cl)C1CC1. The Morgan fingerprint density at radius 3 is 3.00 bits per heavy atom. The zero-order valence-corrected chi connectivity index (χ0v) is 10.5. The van der Waals surface area contributed by atoms with E-state index in [4.69, 9.17) is 16.3 Å². The molecule has 1 heterocycles. The molecule has 0 saturated heterocycles. The third-order valence-corrected chi connectivity index (χ3v) is 2.94. The van der Waals surface area contributed by atoms with Crippen molar-refractivity contribution in [1.29, 1.82) is 0 Å². The molecule has 0 aromatic carbocycles. The van der Waals surface area contributed by atoms with E-state index in [0.717, 1.165) is 18.5 Å². The van der Waals surface area contributed by atoms with Gasteiger partial charge in [-0.1, -0.05) is 11.6 Å². The first-order valence-electron chi connectivity index (χ1n) is 5.74. The maximum absolute atomic E-state index is 11.5. The summed E-state index contributed by atoms with van der Waals surface area (Å²) in [6, 6.07) is 2.24. The van der Waals surface area contributed by atoms with Crippen LogP contribution < -0.4 is 4.90 Å². The Hall–Kier alpha value is -1.29. The Kier molecular flexibility index (Phi) is 3.84. The molecule has 0 N–H and O–H groups in total. The van der Waals surface area contributed by atoms with Gasteiger partial charge in [-0.15, -0.1) is 0 Å². The number of halogens is 1. The Morgan fingerprint density at radius 2 is 2.41 bits per heavy atom. The molecule has 0 radical (unpaired) electrons. The number of aromatic nitrogens is 1. The number of hydrogen-bond acceptors (Lipinski definition) is 4. The van der Waals surface area contributed by atoms with Gasteiger partial charge >= 0.3 is 5.97 Å². The van der Waals surface area contributed by atoms with Crippen molar-refractivity contribution in [3.05, 3.63) is 23.5 Å². The maximum atomic E-state index is 11.5. The minimum absolute atomic E-state index is 0.215. The van der Waals surface area contributed by atoms with Crippen molar-refractivity contribution in [2.75, 3.05) is 18.1 Å². The maximum Gasteiger partial charge on any atom is 0.325 e. The second-order valence-electron chi connectivity index (χ2n) is 3.99. The number of anilines is 1. The number of ether oxygens (including phenoxy) is 1. The number of esters is 1. The molecular weight excluding hydrogens is 240 g/mol. The van der Waals surface area contributed by atoms with Crippen molar-refractivity contribution < 1.29 is 9.53 Å². The van der Waals surface area contributed by atoms with Crippen molar-refractivity contribution in [3.8, 4) is 0 Å². The second-order valence-corrected chi connectivity index (χ2v) is 4.40. The third-order valence-electron chi connectivity index (χ3n) is 2.65. The molecule has 1 aromatic heterocycles. The zero-order valence-electron chi connectivity index (χ0n) is 9.73. The average molecular weight is 255 g/mol. The van der Waals surface area contributed by atoms with E-state index >= 15 is 0 Å². The van der Waals surface area contributed by atoms with Gasteiger partial charge in [0.05, 0.1) is 17.3 Å². The average Bonchev–Trinajstić information content (AvgIpc) is 3.11. The summed E-state index contributed by atoms with van der Waals surface area (Å²) in [7, 11) is 0. The van der Waals surface area contributed by atoms with E-state index in [1.165, 1.54) is 0 Å². The third kappa shape index (κ3) is 3.09. The lowest BCUT2D eigenvalue weighted by Gasteiger charge is -2.24. The van der Waals surface area contributed by atoms with Gasteiger partial charge in [0.2, 0.25) is 0 Å². The van der Waals surface area contributed by atoms with Gasteiger partial charge in [-0.2, -0.15) is 0 Å². The van der Waals surface area contributed by atoms with Gasteiger partial charge in [-0.3, -0.25) is 9.78 Å². The van der Waals surface area contributed by atoms with E-state index < -0.39 is 0 Å². The monoisotopic (exact) mass is 254 g/mol. The first-order chi connectivity index (χ1) is 8.22. The summed E-state index contributed by atoms with van der Waals surface area (Å²) >= 11 is 6.10. The number of pyridine rings is 1. The molecule has 5 heteroatoms. The smallest absolute Gasteiger partial charge is 0.325 e. The van der Waals surface area contributed by atoms with Crippen LogP contribution in [0.2, 0.25) is 5.02 Å². The van der Waals surface area contributed by atoms with Crippen molar-refractivity contribution >= 4 is 23.3 Å². The van der Waals surface area contributed by atoms with E-state index in [0.29, 0.717) is 17.7 Å². The number of nitrogens with zero attached hydrogens (tertiary/aromatic N) is 2. The van der Waals surface area contributed by atoms with Crippen LogP contribution in [0.1, 0.15) is 19.8 Å². The lowest BCUT2D eigenvalue weighted by atomic mass is 10.3. The number of hydrogen-bond donors (Lipinski definition) is 0. The molecule has 0 unspecified atom stereocenters. The van der Waals surface area contributed by atoms with Crippen LogP contribution in [0.3, 0.4) is 0 Å². The first kappa shape index (κ1) is 12.2. The van der Waals surface area contributed by atoms with Crippen LogP contribution in [-0.2, 0) is 9.53 Å². The highest BCUT2D eigenvalue weighted by molar-refractivity contribution is 6.33. The summed E-state index contributed by atoms with van der Waals surface area (Å²) in [6.45, 7) is 2.46. The normalized spacial score (nSPS) is 14.5. The quantitative estimate of drug-likeness (QED) is 0.756. The fourth-order valence-electron chi connectivity index (χ4n) is 1.74. The number of carbonyl (C=O) groups is 1. The van der Waals surface area contributed by atoms with Crippen LogP contribution in [0.4, 0.5) is 5.69 Å². The summed E-state index contributed by atoms with van der Waals surface area (Å²) < 4.78 is 4.97. The van der Waals surface area contributed by atoms with Crippen molar-refractivity contribution in [2.45, 2.75) is 25.8 Å². The molecule has 0 aliphatic heterocycles. The summed E-state index contributed by atoms with van der Waals surface area (Å²) in [5.74, 6) is -0.215. The van der Waals surface area contributed by atoms with Crippen molar-refractivity contribution in [2.24, 2.45) is 0 Å². The van der Waals surface area contributed by atoms with Crippen molar-refractivity contribution in [1.82, 2.24) is 4.98 Å². The molecule has 4 nitrogen and oxygen atoms in total. The molecule has 1 aliphatic carbocycles. The molecular formula is C12H15ClN2O2. The lowest BCUT2D eigenvalue weighted by molar-refractivity contribution is -0.141. The van der Waals surface area contributed by atoms with E-state index in [1.807, 2.05) is 11.0 Å². The topological polar surface area (TPSA) is 42.4 Å². The summed E-state index contributed by atoms with van der Waals surface area (Å²) in [4.78, 5) is 17.5. The number of carbonyl (C=O) groups excluding carboxylic acids is 1. The van der Waals surface area contributed by atoms with Gasteiger partial charge in [0.15, 0.2) is 0 Å². The molecule has 0 bridgehead atoms. The molecule has 0 atom stereocenters. The second kappa shape index (κ2) is 5.36. The Bertz CT molecular complexity index is 407. The number of rotatable bonds is 5. The molecule has 17 heavy (non-hydrogen) atoms. The standard InChI is InChI=1S/C12H15ClN2O2/c1-2-17-12(16)8-15(9-3-4-9)11-5-6-14-7-10(11)13/h5-7,9H,2-4,8H2,1H3. The molecule has 1 aliphatic rings. The van der Waals surface area contributed by atoms with Gasteiger partial charge in [0.1, 0.15) is 6.54 Å². The van der Waals surface area contributed by atoms with Crippen LogP contribution in [0, 0.1) is 0 Å². The van der Waals surface area contributed by atoms with E-state index in [-0.39, 0.29) is 12.5 Å². The molecule has 1 saturated carbocycles. The fraction of sp³-hybridized carbons (Fsp3) is 0.500. The van der Waals surface area contributed by atoms with E-state index in [9.17, 15) is 4.79 Å². The van der Waals surface area contributed by atoms with Crippen LogP contribution in [0.15, 0.2) is 18.5 Å². The predicted molar refractivity (Wildman–Crippen MR) is 66.2 cm³/mol. The van der Waals surface area contributed by atoms with Crippen molar-refractivity contribution in [3.63, 3.8) is 0 Å². The Balaban J connectivity index is 2.12. The molecule has 1 fully saturated rings. The van der Waals surface area contributed by atoms with E-state index in [1.54, 1.807) is 19.3 Å². The largest absolute Gasteiger partial charge is 0.465 e. The van der Waals surface area contributed by atoms with E-state index in [2.05, 4.69) is 4.98 Å². The van der Waals surface area contributed by atoms with Crippen LogP contribution >= 0.6 is 11.6 Å². The predicted octanol–water partition coefficient (Wildman–Crippen LogP) is 2.27. The van der Waals surface area contributed by atoms with Gasteiger partial charge in [0, 0.05) is 18.4 Å². The van der Waals surface area contributed by atoms with Crippen LogP contribution in [0.25, 0.3) is 0 Å². The highest BCUT2D eigenvalue weighted by atomic mass is 35.5. The minimum atomic E-state index is -0.215. The minimum Gasteiger partial charge on any atom is -0.465 e. The molecule has 92 valence electrons.